The van der Waals surface area contributed by atoms with Crippen LogP contribution in [0.15, 0.2) is 29.2 Å². The van der Waals surface area contributed by atoms with E-state index < -0.39 is 18.3 Å². The minimum atomic E-state index is -3.45. The number of hydrogen-bond acceptors (Lipinski definition) is 5. The molecular weight excluding hydrogens is 380 g/mol. The molecule has 8 heteroatoms. The van der Waals surface area contributed by atoms with Crippen molar-refractivity contribution in [3.63, 3.8) is 0 Å². The fraction of sp³-hybridized carbons (Fsp3) is 0.684. The van der Waals surface area contributed by atoms with Crippen LogP contribution in [0, 0.1) is 0 Å². The third kappa shape index (κ3) is 5.54. The summed E-state index contributed by atoms with van der Waals surface area (Å²) in [5, 5.41) is 0.206. The fourth-order valence-corrected chi connectivity index (χ4v) is 5.19. The molecule has 27 heavy (non-hydrogen) atoms. The second-order valence-corrected chi connectivity index (χ2v) is 15.3. The van der Waals surface area contributed by atoms with Gasteiger partial charge in [0.25, 0.3) is 0 Å². The lowest BCUT2D eigenvalue weighted by Gasteiger charge is -2.38. The van der Waals surface area contributed by atoms with Gasteiger partial charge >= 0.3 is 0 Å². The van der Waals surface area contributed by atoms with Crippen LogP contribution < -0.4 is 4.74 Å². The molecule has 2 rings (SSSR count). The Bertz CT molecular complexity index is 706. The molecule has 1 aliphatic rings. The number of benzene rings is 1. The second kappa shape index (κ2) is 8.61. The Labute approximate surface area is 165 Å². The summed E-state index contributed by atoms with van der Waals surface area (Å²) in [5.74, 6) is 0.653. The first-order valence-corrected chi connectivity index (χ1v) is 13.8. The van der Waals surface area contributed by atoms with Crippen molar-refractivity contribution in [2.75, 3.05) is 46.4 Å². The number of piperazine rings is 1. The molecule has 1 fully saturated rings. The number of rotatable bonds is 7. The minimum absolute atomic E-state index is 0.206. The molecule has 0 atom stereocenters. The third-order valence-corrected chi connectivity index (χ3v) is 12.2. The fourth-order valence-electron chi connectivity index (χ4n) is 2.74. The quantitative estimate of drug-likeness (QED) is 0.642. The Morgan fingerprint density at radius 1 is 1.04 bits per heavy atom. The van der Waals surface area contributed by atoms with Crippen LogP contribution in [0.1, 0.15) is 20.8 Å². The molecule has 0 aromatic heterocycles. The number of ether oxygens (including phenoxy) is 1. The van der Waals surface area contributed by atoms with E-state index >= 15 is 0 Å². The molecule has 1 aromatic rings. The molecule has 0 saturated carbocycles. The van der Waals surface area contributed by atoms with Gasteiger partial charge in [-0.2, -0.15) is 4.31 Å². The molecule has 0 amide bonds. The highest BCUT2D eigenvalue weighted by Gasteiger charge is 2.37. The summed E-state index contributed by atoms with van der Waals surface area (Å²) in [6.07, 6.45) is 0. The van der Waals surface area contributed by atoms with E-state index in [0.29, 0.717) is 30.3 Å². The van der Waals surface area contributed by atoms with E-state index in [2.05, 4.69) is 38.8 Å². The average Bonchev–Trinajstić information content (AvgIpc) is 2.61. The molecule has 0 N–H and O–H groups in total. The van der Waals surface area contributed by atoms with Crippen molar-refractivity contribution in [1.29, 1.82) is 0 Å². The van der Waals surface area contributed by atoms with Gasteiger partial charge in [-0.1, -0.05) is 20.8 Å². The summed E-state index contributed by atoms with van der Waals surface area (Å²) in [6, 6.07) is 6.57. The lowest BCUT2D eigenvalue weighted by Crippen LogP contribution is -2.50. The normalized spacial score (nSPS) is 17.9. The van der Waals surface area contributed by atoms with Crippen molar-refractivity contribution in [2.24, 2.45) is 0 Å². The van der Waals surface area contributed by atoms with Crippen molar-refractivity contribution in [2.45, 2.75) is 43.8 Å². The van der Waals surface area contributed by atoms with E-state index in [4.69, 9.17) is 9.16 Å². The molecule has 0 radical (unpaired) electrons. The van der Waals surface area contributed by atoms with E-state index in [1.807, 2.05) is 0 Å². The lowest BCUT2D eigenvalue weighted by atomic mass is 10.2. The summed E-state index contributed by atoms with van der Waals surface area (Å²) in [6.45, 7) is 15.3. The summed E-state index contributed by atoms with van der Waals surface area (Å²) in [4.78, 5) is 2.60. The van der Waals surface area contributed by atoms with E-state index in [1.54, 1.807) is 35.7 Å². The summed E-state index contributed by atoms with van der Waals surface area (Å²) in [7, 11) is -3.61. The molecule has 0 unspecified atom stereocenters. The standard InChI is InChI=1S/C19H34N2O4SSi/c1-19(2,3)27(5,6)25-16-15-20-11-13-21(14-12-20)26(22,23)18-9-7-17(24-4)8-10-18/h7-10H,11-16H2,1-6H3. The van der Waals surface area contributed by atoms with Crippen LogP contribution in [-0.4, -0.2) is 72.4 Å². The van der Waals surface area contributed by atoms with Gasteiger partial charge in [0.2, 0.25) is 10.0 Å². The average molecular weight is 415 g/mol. The van der Waals surface area contributed by atoms with Crippen LogP contribution in [0.3, 0.4) is 0 Å². The summed E-state index contributed by atoms with van der Waals surface area (Å²) in [5.41, 5.74) is 0. The summed E-state index contributed by atoms with van der Waals surface area (Å²) < 4.78 is 38.5. The highest BCUT2D eigenvalue weighted by atomic mass is 32.2. The minimum Gasteiger partial charge on any atom is -0.497 e. The third-order valence-electron chi connectivity index (χ3n) is 5.71. The first-order valence-electron chi connectivity index (χ1n) is 9.48. The summed E-state index contributed by atoms with van der Waals surface area (Å²) >= 11 is 0. The zero-order chi connectivity index (χ0) is 20.3. The molecule has 0 aliphatic carbocycles. The first kappa shape index (κ1) is 22.4. The van der Waals surface area contributed by atoms with E-state index in [1.165, 1.54) is 0 Å². The van der Waals surface area contributed by atoms with Crippen LogP contribution in [-0.2, 0) is 14.4 Å². The highest BCUT2D eigenvalue weighted by molar-refractivity contribution is 7.89. The largest absolute Gasteiger partial charge is 0.497 e. The maximum atomic E-state index is 12.8. The van der Waals surface area contributed by atoms with Gasteiger partial charge in [-0.05, 0) is 42.4 Å². The maximum Gasteiger partial charge on any atom is 0.243 e. The molecule has 154 valence electrons. The Hall–Kier alpha value is -0.933. The van der Waals surface area contributed by atoms with Gasteiger partial charge in [0, 0.05) is 39.3 Å². The Kier molecular flexibility index (Phi) is 7.13. The second-order valence-electron chi connectivity index (χ2n) is 8.53. The van der Waals surface area contributed by atoms with Crippen molar-refractivity contribution in [3.8, 4) is 5.75 Å². The van der Waals surface area contributed by atoms with Gasteiger partial charge < -0.3 is 9.16 Å². The molecule has 0 bridgehead atoms. The number of hydrogen-bond donors (Lipinski definition) is 0. The molecule has 0 spiro atoms. The smallest absolute Gasteiger partial charge is 0.243 e. The number of sulfonamides is 1. The van der Waals surface area contributed by atoms with E-state index in [-0.39, 0.29) is 5.04 Å². The molecule has 1 saturated heterocycles. The van der Waals surface area contributed by atoms with Gasteiger partial charge in [0.1, 0.15) is 5.75 Å². The van der Waals surface area contributed by atoms with Gasteiger partial charge in [-0.3, -0.25) is 4.90 Å². The van der Waals surface area contributed by atoms with Gasteiger partial charge in [-0.15, -0.1) is 0 Å². The highest BCUT2D eigenvalue weighted by Crippen LogP contribution is 2.36. The van der Waals surface area contributed by atoms with Crippen molar-refractivity contribution in [1.82, 2.24) is 9.21 Å². The van der Waals surface area contributed by atoms with E-state index in [0.717, 1.165) is 19.6 Å². The van der Waals surface area contributed by atoms with Gasteiger partial charge in [0.15, 0.2) is 8.32 Å². The zero-order valence-corrected chi connectivity index (χ0v) is 19.3. The predicted molar refractivity (Wildman–Crippen MR) is 111 cm³/mol. The maximum absolute atomic E-state index is 12.8. The SMILES string of the molecule is COc1ccc(S(=O)(=O)N2CCN(CCO[Si](C)(C)C(C)(C)C)CC2)cc1. The molecule has 1 aliphatic heterocycles. The van der Waals surface area contributed by atoms with Crippen LogP contribution in [0.2, 0.25) is 18.1 Å². The Morgan fingerprint density at radius 3 is 2.07 bits per heavy atom. The van der Waals surface area contributed by atoms with E-state index in [9.17, 15) is 8.42 Å². The van der Waals surface area contributed by atoms with Gasteiger partial charge in [-0.25, -0.2) is 8.42 Å². The monoisotopic (exact) mass is 414 g/mol. The van der Waals surface area contributed by atoms with Crippen molar-refractivity contribution in [3.05, 3.63) is 24.3 Å². The van der Waals surface area contributed by atoms with Crippen LogP contribution in [0.4, 0.5) is 0 Å². The van der Waals surface area contributed by atoms with Crippen LogP contribution in [0.5, 0.6) is 5.75 Å². The Morgan fingerprint density at radius 2 is 1.59 bits per heavy atom. The number of methoxy groups -OCH3 is 1. The number of nitrogens with zero attached hydrogens (tertiary/aromatic N) is 2. The predicted octanol–water partition coefficient (Wildman–Crippen LogP) is 3.02. The molecule has 1 aromatic carbocycles. The Balaban J connectivity index is 1.85. The van der Waals surface area contributed by atoms with Crippen LogP contribution >= 0.6 is 0 Å². The molecular formula is C19H34N2O4SSi. The van der Waals surface area contributed by atoms with Crippen molar-refractivity contribution < 1.29 is 17.6 Å². The molecule has 6 nitrogen and oxygen atoms in total. The lowest BCUT2D eigenvalue weighted by molar-refractivity contribution is 0.153. The zero-order valence-electron chi connectivity index (χ0n) is 17.5. The first-order chi connectivity index (χ1) is 12.5. The van der Waals surface area contributed by atoms with Gasteiger partial charge in [0.05, 0.1) is 12.0 Å². The molecule has 1 heterocycles. The topological polar surface area (TPSA) is 59.1 Å². The van der Waals surface area contributed by atoms with Crippen LogP contribution in [0.25, 0.3) is 0 Å². The van der Waals surface area contributed by atoms with Crippen molar-refractivity contribution >= 4 is 18.3 Å².